The largest absolute Gasteiger partial charge is 0.332 e. The van der Waals surface area contributed by atoms with E-state index < -0.39 is 0 Å². The summed E-state index contributed by atoms with van der Waals surface area (Å²) in [5.74, 6) is 0.995. The summed E-state index contributed by atoms with van der Waals surface area (Å²) in [5, 5.41) is 17.5. The van der Waals surface area contributed by atoms with Gasteiger partial charge >= 0.3 is 12.1 Å². The number of hydrogen-bond acceptors (Lipinski definition) is 2. The molecule has 0 unspecified atom stereocenters. The van der Waals surface area contributed by atoms with Crippen molar-refractivity contribution in [3.8, 4) is 0 Å². The number of carbonyl (C=O) groups is 2. The van der Waals surface area contributed by atoms with Crippen LogP contribution in [0, 0.1) is 19.0 Å². The van der Waals surface area contributed by atoms with E-state index in [1.807, 2.05) is 48.5 Å². The minimum Gasteiger partial charge on any atom is -0.332 e. The van der Waals surface area contributed by atoms with E-state index >= 15 is 0 Å². The molecule has 0 saturated heterocycles. The SMILES string of the molecule is O=C(Nc1c(I)ccc2ccccc12)NC12CC3CC(C1)CC(NC(=O)Nc1c(I)ccc4ccccc14)(C3)C2. The summed E-state index contributed by atoms with van der Waals surface area (Å²) >= 11 is 4.57. The molecule has 4 aliphatic carbocycles. The summed E-state index contributed by atoms with van der Waals surface area (Å²) in [6.07, 6.45) is 5.81. The maximum atomic E-state index is 13.5. The smallest absolute Gasteiger partial charge is 0.319 e. The zero-order valence-corrected chi connectivity index (χ0v) is 26.2. The molecule has 8 rings (SSSR count). The fraction of sp³-hybridized carbons (Fsp3) is 0.312. The van der Waals surface area contributed by atoms with Crippen molar-refractivity contribution in [3.05, 3.63) is 79.9 Å². The molecule has 0 aliphatic heterocycles. The van der Waals surface area contributed by atoms with Crippen molar-refractivity contribution in [3.63, 3.8) is 0 Å². The highest BCUT2D eigenvalue weighted by molar-refractivity contribution is 14.1. The van der Waals surface area contributed by atoms with Crippen molar-refractivity contribution in [2.45, 2.75) is 49.6 Å². The minimum absolute atomic E-state index is 0.166. The van der Waals surface area contributed by atoms with Crippen LogP contribution in [-0.4, -0.2) is 23.1 Å². The van der Waals surface area contributed by atoms with Crippen LogP contribution >= 0.6 is 45.2 Å². The van der Waals surface area contributed by atoms with E-state index in [0.717, 1.165) is 72.2 Å². The third kappa shape index (κ3) is 4.80. The second-order valence-corrected chi connectivity index (χ2v) is 14.3. The molecule has 0 spiro atoms. The Hall–Kier alpha value is -2.60. The highest BCUT2D eigenvalue weighted by atomic mass is 127. The van der Waals surface area contributed by atoms with Crippen molar-refractivity contribution < 1.29 is 9.59 Å². The van der Waals surface area contributed by atoms with Crippen molar-refractivity contribution in [1.29, 1.82) is 0 Å². The highest BCUT2D eigenvalue weighted by Crippen LogP contribution is 2.57. The molecule has 4 N–H and O–H groups in total. The van der Waals surface area contributed by atoms with Crippen LogP contribution in [0.15, 0.2) is 72.8 Å². The van der Waals surface area contributed by atoms with Crippen LogP contribution in [-0.2, 0) is 0 Å². The maximum absolute atomic E-state index is 13.5. The molecule has 4 aliphatic rings. The van der Waals surface area contributed by atoms with Gasteiger partial charge in [0, 0.05) is 29.0 Å². The predicted octanol–water partition coefficient (Wildman–Crippen LogP) is 8.24. The molecule has 4 bridgehead atoms. The van der Waals surface area contributed by atoms with E-state index in [2.05, 4.69) is 90.7 Å². The predicted molar refractivity (Wildman–Crippen MR) is 178 cm³/mol. The van der Waals surface area contributed by atoms with E-state index in [1.54, 1.807) is 0 Å². The molecule has 204 valence electrons. The van der Waals surface area contributed by atoms with Crippen LogP contribution < -0.4 is 21.3 Å². The van der Waals surface area contributed by atoms with E-state index in [0.29, 0.717) is 11.8 Å². The molecule has 4 amide bonds. The van der Waals surface area contributed by atoms with Crippen LogP contribution in [0.2, 0.25) is 0 Å². The summed E-state index contributed by atoms with van der Waals surface area (Å²) < 4.78 is 2.02. The molecule has 0 heterocycles. The normalized spacial score (nSPS) is 26.6. The average molecular weight is 756 g/mol. The molecule has 0 atom stereocenters. The number of nitrogens with one attached hydrogen (secondary N) is 4. The maximum Gasteiger partial charge on any atom is 0.319 e. The fourth-order valence-electron chi connectivity index (χ4n) is 8.07. The quantitative estimate of drug-likeness (QED) is 0.158. The molecule has 8 heteroatoms. The van der Waals surface area contributed by atoms with Gasteiger partial charge in [-0.05, 0) is 118 Å². The van der Waals surface area contributed by atoms with Gasteiger partial charge in [0.25, 0.3) is 0 Å². The number of benzene rings is 4. The summed E-state index contributed by atoms with van der Waals surface area (Å²) in [5.41, 5.74) is 1.06. The summed E-state index contributed by atoms with van der Waals surface area (Å²) in [6.45, 7) is 0. The molecule has 0 radical (unpaired) electrons. The van der Waals surface area contributed by atoms with Crippen molar-refractivity contribution >= 4 is 90.2 Å². The van der Waals surface area contributed by atoms with Crippen LogP contribution in [0.25, 0.3) is 21.5 Å². The molecule has 40 heavy (non-hydrogen) atoms. The second-order valence-electron chi connectivity index (χ2n) is 12.0. The van der Waals surface area contributed by atoms with Crippen molar-refractivity contribution in [2.75, 3.05) is 10.6 Å². The van der Waals surface area contributed by atoms with E-state index in [9.17, 15) is 9.59 Å². The van der Waals surface area contributed by atoms with Crippen LogP contribution in [0.1, 0.15) is 38.5 Å². The van der Waals surface area contributed by atoms with Crippen LogP contribution in [0.4, 0.5) is 21.0 Å². The van der Waals surface area contributed by atoms with Gasteiger partial charge in [0.1, 0.15) is 0 Å². The first-order valence-electron chi connectivity index (χ1n) is 13.8. The van der Waals surface area contributed by atoms with Gasteiger partial charge in [0.15, 0.2) is 0 Å². The van der Waals surface area contributed by atoms with E-state index in [4.69, 9.17) is 0 Å². The Labute approximate surface area is 260 Å². The first-order valence-corrected chi connectivity index (χ1v) is 16.0. The van der Waals surface area contributed by atoms with Crippen molar-refractivity contribution in [1.82, 2.24) is 10.6 Å². The number of rotatable bonds is 4. The Morgan fingerprint density at radius 1 is 0.625 bits per heavy atom. The van der Waals surface area contributed by atoms with Gasteiger partial charge in [-0.25, -0.2) is 9.59 Å². The zero-order valence-electron chi connectivity index (χ0n) is 21.9. The van der Waals surface area contributed by atoms with Crippen LogP contribution in [0.3, 0.4) is 0 Å². The Bertz CT molecular complexity index is 1540. The lowest BCUT2D eigenvalue weighted by Gasteiger charge is -2.62. The molecule has 4 aromatic rings. The molecule has 6 nitrogen and oxygen atoms in total. The molecule has 0 aromatic heterocycles. The number of amides is 4. The molecular weight excluding hydrogens is 726 g/mol. The second kappa shape index (κ2) is 10.0. The van der Waals surface area contributed by atoms with Gasteiger partial charge in [-0.1, -0.05) is 60.7 Å². The summed E-state index contributed by atoms with van der Waals surface area (Å²) in [4.78, 5) is 27.0. The molecule has 4 saturated carbocycles. The van der Waals surface area contributed by atoms with E-state index in [-0.39, 0.29) is 23.1 Å². The Morgan fingerprint density at radius 2 is 1.05 bits per heavy atom. The number of fused-ring (bicyclic) bond motifs is 2. The Kier molecular flexibility index (Phi) is 6.60. The van der Waals surface area contributed by atoms with E-state index in [1.165, 1.54) is 6.42 Å². The first-order chi connectivity index (χ1) is 19.3. The molecule has 4 fully saturated rings. The lowest BCUT2D eigenvalue weighted by Crippen LogP contribution is -2.70. The average Bonchev–Trinajstić information content (AvgIpc) is 2.90. The zero-order chi connectivity index (χ0) is 27.5. The molecule has 4 aromatic carbocycles. The standard InChI is InChI=1S/C32H30I2N4O2/c33-25-11-9-21-5-1-3-7-23(21)27(25)35-29(39)37-31-14-19-13-20(15-31)17-32(16-19,18-31)38-30(40)36-28-24-8-4-2-6-22(24)10-12-26(28)34/h1-12,19-20H,13-18H2,(H2,35,37,39)(H2,36,38,40). The topological polar surface area (TPSA) is 82.3 Å². The monoisotopic (exact) mass is 756 g/mol. The first kappa shape index (κ1) is 26.3. The fourth-order valence-corrected chi connectivity index (χ4v) is 9.28. The van der Waals surface area contributed by atoms with Crippen molar-refractivity contribution in [2.24, 2.45) is 11.8 Å². The minimum atomic E-state index is -0.314. The van der Waals surface area contributed by atoms with Gasteiger partial charge in [0.2, 0.25) is 0 Å². The van der Waals surface area contributed by atoms with Gasteiger partial charge in [-0.15, -0.1) is 0 Å². The number of urea groups is 2. The lowest BCUT2D eigenvalue weighted by molar-refractivity contribution is -0.0400. The summed E-state index contributed by atoms with van der Waals surface area (Å²) in [6, 6.07) is 24.2. The third-order valence-electron chi connectivity index (χ3n) is 9.05. The number of hydrogen-bond donors (Lipinski definition) is 4. The van der Waals surface area contributed by atoms with Gasteiger partial charge in [-0.3, -0.25) is 0 Å². The van der Waals surface area contributed by atoms with Gasteiger partial charge in [-0.2, -0.15) is 0 Å². The number of halogens is 2. The molecular formula is C32H30I2N4O2. The summed E-state index contributed by atoms with van der Waals surface area (Å²) in [7, 11) is 0. The number of carbonyl (C=O) groups excluding carboxylic acids is 2. The van der Waals surface area contributed by atoms with Gasteiger partial charge in [0.05, 0.1) is 11.4 Å². The third-order valence-corrected chi connectivity index (χ3v) is 10.8. The Balaban J connectivity index is 1.10. The number of anilines is 2. The highest BCUT2D eigenvalue weighted by Gasteiger charge is 2.58. The lowest BCUT2D eigenvalue weighted by atomic mass is 9.50. The van der Waals surface area contributed by atoms with Gasteiger partial charge < -0.3 is 21.3 Å². The van der Waals surface area contributed by atoms with Crippen LogP contribution in [0.5, 0.6) is 0 Å². The Morgan fingerprint density at radius 3 is 1.50 bits per heavy atom.